The Labute approximate surface area is 92.2 Å². The zero-order valence-electron chi connectivity index (χ0n) is 9.61. The summed E-state index contributed by atoms with van der Waals surface area (Å²) in [7, 11) is 0. The molecule has 4 heteroatoms. The summed E-state index contributed by atoms with van der Waals surface area (Å²) in [4.78, 5) is 0. The molecular formula is C11H24N2O2. The molecule has 4 N–H and O–H groups in total. The van der Waals surface area contributed by atoms with Crippen LogP contribution in [0.4, 0.5) is 0 Å². The standard InChI is InChI=1S/C11H24N2O2/c1-2-9(5-6-14)13-10(8-12)11-4-3-7-15-11/h9-11,13-14H,2-8,12H2,1H3. The Morgan fingerprint density at radius 1 is 1.60 bits per heavy atom. The zero-order chi connectivity index (χ0) is 11.1. The molecule has 4 nitrogen and oxygen atoms in total. The SMILES string of the molecule is CCC(CCO)NC(CN)C1CCCO1. The highest BCUT2D eigenvalue weighted by Crippen LogP contribution is 2.16. The third kappa shape index (κ3) is 4.07. The average Bonchev–Trinajstić information content (AvgIpc) is 2.77. The summed E-state index contributed by atoms with van der Waals surface area (Å²) in [5, 5.41) is 12.4. The summed E-state index contributed by atoms with van der Waals surface area (Å²) in [5.74, 6) is 0. The normalized spacial score (nSPS) is 25.4. The largest absolute Gasteiger partial charge is 0.396 e. The maximum Gasteiger partial charge on any atom is 0.0741 e. The van der Waals surface area contributed by atoms with Gasteiger partial charge >= 0.3 is 0 Å². The lowest BCUT2D eigenvalue weighted by molar-refractivity contribution is 0.0747. The van der Waals surface area contributed by atoms with Gasteiger partial charge in [-0.3, -0.25) is 0 Å². The highest BCUT2D eigenvalue weighted by molar-refractivity contribution is 4.84. The smallest absolute Gasteiger partial charge is 0.0741 e. The topological polar surface area (TPSA) is 67.5 Å². The first-order valence-electron chi connectivity index (χ1n) is 6.00. The van der Waals surface area contributed by atoms with Gasteiger partial charge in [0.25, 0.3) is 0 Å². The van der Waals surface area contributed by atoms with E-state index >= 15 is 0 Å². The zero-order valence-corrected chi connectivity index (χ0v) is 9.61. The number of rotatable bonds is 7. The molecule has 0 radical (unpaired) electrons. The van der Waals surface area contributed by atoms with E-state index in [2.05, 4.69) is 12.2 Å². The van der Waals surface area contributed by atoms with Crippen LogP contribution in [0.5, 0.6) is 0 Å². The molecule has 1 heterocycles. The molecule has 1 aliphatic rings. The quantitative estimate of drug-likeness (QED) is 0.570. The van der Waals surface area contributed by atoms with Gasteiger partial charge in [0.1, 0.15) is 0 Å². The second-order valence-electron chi connectivity index (χ2n) is 4.18. The minimum atomic E-state index is 0.230. The molecule has 1 aliphatic heterocycles. The van der Waals surface area contributed by atoms with E-state index in [4.69, 9.17) is 15.6 Å². The Morgan fingerprint density at radius 3 is 2.87 bits per heavy atom. The Balaban J connectivity index is 2.36. The maximum absolute atomic E-state index is 8.92. The number of nitrogens with two attached hydrogens (primary N) is 1. The lowest BCUT2D eigenvalue weighted by atomic mass is 10.0. The van der Waals surface area contributed by atoms with Crippen LogP contribution in [0.25, 0.3) is 0 Å². The van der Waals surface area contributed by atoms with E-state index in [-0.39, 0.29) is 18.8 Å². The Kier molecular flexibility index (Phi) is 6.17. The highest BCUT2D eigenvalue weighted by Gasteiger charge is 2.26. The first-order chi connectivity index (χ1) is 7.31. The highest BCUT2D eigenvalue weighted by atomic mass is 16.5. The van der Waals surface area contributed by atoms with Gasteiger partial charge in [0.05, 0.1) is 6.10 Å². The van der Waals surface area contributed by atoms with Crippen LogP contribution < -0.4 is 11.1 Å². The predicted octanol–water partition coefficient (Wildman–Crippen LogP) is 0.243. The molecule has 0 aromatic rings. The summed E-state index contributed by atoms with van der Waals surface area (Å²) in [6.45, 7) is 3.82. The molecule has 1 fully saturated rings. The molecule has 15 heavy (non-hydrogen) atoms. The lowest BCUT2D eigenvalue weighted by Crippen LogP contribution is -2.49. The fraction of sp³-hybridized carbons (Fsp3) is 1.00. The van der Waals surface area contributed by atoms with Gasteiger partial charge in [0, 0.05) is 31.8 Å². The molecule has 90 valence electrons. The number of ether oxygens (including phenoxy) is 1. The third-order valence-corrected chi connectivity index (χ3v) is 3.09. The van der Waals surface area contributed by atoms with Crippen molar-refractivity contribution in [3.63, 3.8) is 0 Å². The molecule has 1 rings (SSSR count). The molecule has 0 spiro atoms. The van der Waals surface area contributed by atoms with Crippen molar-refractivity contribution in [2.45, 2.75) is 50.8 Å². The minimum Gasteiger partial charge on any atom is -0.396 e. The molecule has 3 atom stereocenters. The van der Waals surface area contributed by atoms with E-state index in [1.54, 1.807) is 0 Å². The van der Waals surface area contributed by atoms with Gasteiger partial charge in [0.2, 0.25) is 0 Å². The van der Waals surface area contributed by atoms with Crippen molar-refractivity contribution >= 4 is 0 Å². The Hall–Kier alpha value is -0.160. The predicted molar refractivity (Wildman–Crippen MR) is 60.7 cm³/mol. The van der Waals surface area contributed by atoms with Gasteiger partial charge in [-0.15, -0.1) is 0 Å². The van der Waals surface area contributed by atoms with E-state index in [0.29, 0.717) is 12.6 Å². The van der Waals surface area contributed by atoms with Crippen LogP contribution in [0.2, 0.25) is 0 Å². The molecule has 1 saturated heterocycles. The van der Waals surface area contributed by atoms with Gasteiger partial charge in [-0.25, -0.2) is 0 Å². The molecule has 0 bridgehead atoms. The first kappa shape index (κ1) is 12.9. The minimum absolute atomic E-state index is 0.230. The van der Waals surface area contributed by atoms with Crippen LogP contribution in [-0.2, 0) is 4.74 Å². The van der Waals surface area contributed by atoms with Gasteiger partial charge < -0.3 is 20.9 Å². The van der Waals surface area contributed by atoms with Crippen LogP contribution in [-0.4, -0.2) is 43.1 Å². The molecule has 0 amide bonds. The van der Waals surface area contributed by atoms with Gasteiger partial charge in [0.15, 0.2) is 0 Å². The molecular weight excluding hydrogens is 192 g/mol. The van der Waals surface area contributed by atoms with Crippen molar-refractivity contribution in [2.24, 2.45) is 5.73 Å². The lowest BCUT2D eigenvalue weighted by Gasteiger charge is -2.27. The summed E-state index contributed by atoms with van der Waals surface area (Å²) in [6.07, 6.45) is 4.32. The number of nitrogens with one attached hydrogen (secondary N) is 1. The number of hydrogen-bond acceptors (Lipinski definition) is 4. The second kappa shape index (κ2) is 7.17. The van der Waals surface area contributed by atoms with Crippen molar-refractivity contribution in [1.29, 1.82) is 0 Å². The van der Waals surface area contributed by atoms with E-state index in [9.17, 15) is 0 Å². The summed E-state index contributed by atoms with van der Waals surface area (Å²) in [6, 6.07) is 0.594. The van der Waals surface area contributed by atoms with E-state index in [0.717, 1.165) is 32.3 Å². The van der Waals surface area contributed by atoms with E-state index in [1.807, 2.05) is 0 Å². The third-order valence-electron chi connectivity index (χ3n) is 3.09. The molecule has 3 unspecified atom stereocenters. The van der Waals surface area contributed by atoms with Crippen molar-refractivity contribution in [3.8, 4) is 0 Å². The van der Waals surface area contributed by atoms with Crippen LogP contribution in [0, 0.1) is 0 Å². The van der Waals surface area contributed by atoms with Gasteiger partial charge in [-0.2, -0.15) is 0 Å². The van der Waals surface area contributed by atoms with Crippen LogP contribution in [0.3, 0.4) is 0 Å². The maximum atomic E-state index is 8.92. The monoisotopic (exact) mass is 216 g/mol. The summed E-state index contributed by atoms with van der Waals surface area (Å²) < 4.78 is 5.62. The van der Waals surface area contributed by atoms with Crippen molar-refractivity contribution < 1.29 is 9.84 Å². The van der Waals surface area contributed by atoms with E-state index in [1.165, 1.54) is 0 Å². The van der Waals surface area contributed by atoms with Crippen LogP contribution in [0.1, 0.15) is 32.6 Å². The van der Waals surface area contributed by atoms with Crippen molar-refractivity contribution in [3.05, 3.63) is 0 Å². The molecule has 0 aromatic heterocycles. The fourth-order valence-electron chi connectivity index (χ4n) is 2.11. The number of aliphatic hydroxyl groups is 1. The number of hydrogen-bond donors (Lipinski definition) is 3. The van der Waals surface area contributed by atoms with E-state index < -0.39 is 0 Å². The molecule has 0 saturated carbocycles. The molecule has 0 aliphatic carbocycles. The number of aliphatic hydroxyl groups excluding tert-OH is 1. The first-order valence-corrected chi connectivity index (χ1v) is 6.00. The second-order valence-corrected chi connectivity index (χ2v) is 4.18. The average molecular weight is 216 g/mol. The van der Waals surface area contributed by atoms with Crippen molar-refractivity contribution in [1.82, 2.24) is 5.32 Å². The van der Waals surface area contributed by atoms with Gasteiger partial charge in [-0.05, 0) is 25.7 Å². The Bertz CT molecular complexity index is 161. The van der Waals surface area contributed by atoms with Crippen molar-refractivity contribution in [2.75, 3.05) is 19.8 Å². The summed E-state index contributed by atoms with van der Waals surface area (Å²) in [5.41, 5.74) is 5.75. The Morgan fingerprint density at radius 2 is 2.40 bits per heavy atom. The molecule has 0 aromatic carbocycles. The fourth-order valence-corrected chi connectivity index (χ4v) is 2.11. The van der Waals surface area contributed by atoms with Crippen LogP contribution >= 0.6 is 0 Å². The summed E-state index contributed by atoms with van der Waals surface area (Å²) >= 11 is 0. The van der Waals surface area contributed by atoms with Gasteiger partial charge in [-0.1, -0.05) is 6.92 Å². The van der Waals surface area contributed by atoms with Crippen LogP contribution in [0.15, 0.2) is 0 Å².